The summed E-state index contributed by atoms with van der Waals surface area (Å²) >= 11 is 3.78. The van der Waals surface area contributed by atoms with Gasteiger partial charge in [0.05, 0.1) is 5.71 Å². The lowest BCUT2D eigenvalue weighted by Crippen LogP contribution is -2.32. The third-order valence-electron chi connectivity index (χ3n) is 2.29. The van der Waals surface area contributed by atoms with Crippen molar-refractivity contribution in [2.24, 2.45) is 10.3 Å². The molecule has 0 aromatic carbocycles. The van der Waals surface area contributed by atoms with Gasteiger partial charge in [-0.15, -0.1) is 0 Å². The molecule has 17 heavy (non-hydrogen) atoms. The average molecular weight is 249 g/mol. The number of amides is 1. The number of nitrogens with zero attached hydrogens (tertiary/aromatic N) is 1. The first-order valence-electron chi connectivity index (χ1n) is 5.33. The molecule has 0 heterocycles. The van der Waals surface area contributed by atoms with Crippen LogP contribution in [0.15, 0.2) is 16.0 Å². The summed E-state index contributed by atoms with van der Waals surface area (Å²) in [5.41, 5.74) is 1.29. The maximum atomic E-state index is 11.4. The van der Waals surface area contributed by atoms with Crippen LogP contribution >= 0.6 is 12.8 Å². The molecule has 2 N–H and O–H groups in total. The van der Waals surface area contributed by atoms with Gasteiger partial charge in [0.15, 0.2) is 0 Å². The van der Waals surface area contributed by atoms with Crippen molar-refractivity contribution in [3.63, 3.8) is 0 Å². The Bertz CT molecular complexity index is 452. The van der Waals surface area contributed by atoms with E-state index in [1.165, 1.54) is 0 Å². The van der Waals surface area contributed by atoms with Gasteiger partial charge in [-0.1, -0.05) is 25.8 Å². The summed E-state index contributed by atoms with van der Waals surface area (Å²) < 4.78 is 3.66. The monoisotopic (exact) mass is 249 g/mol. The number of rotatable bonds is 3. The van der Waals surface area contributed by atoms with E-state index in [0.717, 1.165) is 0 Å². The third kappa shape index (κ3) is 3.75. The Balaban J connectivity index is 2.70. The molecule has 1 aliphatic rings. The first-order chi connectivity index (χ1) is 8.06. The molecular formula is C12H15N3OS. The Kier molecular flexibility index (Phi) is 4.98. The van der Waals surface area contributed by atoms with Crippen LogP contribution in [0.5, 0.6) is 0 Å². The Hall–Kier alpha value is -1.54. The number of hydrogen-bond donors (Lipinski definition) is 3. The molecule has 0 radical (unpaired) electrons. The van der Waals surface area contributed by atoms with Crippen molar-refractivity contribution >= 4 is 30.1 Å². The number of thiol groups is 1. The fourth-order valence-electron chi connectivity index (χ4n) is 1.25. The predicted octanol–water partition coefficient (Wildman–Crippen LogP) is 1.40. The van der Waals surface area contributed by atoms with Crippen molar-refractivity contribution in [2.75, 3.05) is 6.54 Å². The summed E-state index contributed by atoms with van der Waals surface area (Å²) in [5, 5.41) is 10.7. The highest BCUT2D eigenvalue weighted by atomic mass is 32.1. The van der Waals surface area contributed by atoms with Crippen molar-refractivity contribution in [3.8, 4) is 11.8 Å². The molecule has 0 bridgehead atoms. The number of hydrogen-bond acceptors (Lipinski definition) is 4. The molecule has 4 nitrogen and oxygen atoms in total. The van der Waals surface area contributed by atoms with Gasteiger partial charge >= 0.3 is 0 Å². The number of carbonyl (C=O) groups excluding carboxylic acids is 1. The van der Waals surface area contributed by atoms with Gasteiger partial charge in [-0.2, -0.15) is 0 Å². The molecule has 0 aromatic heterocycles. The van der Waals surface area contributed by atoms with E-state index in [-0.39, 0.29) is 17.5 Å². The molecule has 1 rings (SSSR count). The number of allylic oxidation sites excluding steroid dienone is 1. The second-order valence-electron chi connectivity index (χ2n) is 3.93. The lowest BCUT2D eigenvalue weighted by molar-refractivity contribution is -0.123. The van der Waals surface area contributed by atoms with Crippen LogP contribution in [0, 0.1) is 23.2 Å². The topological polar surface area (TPSA) is 65.3 Å². The second kappa shape index (κ2) is 6.26. The smallest absolute Gasteiger partial charge is 0.222 e. The minimum Gasteiger partial charge on any atom is -0.352 e. The molecule has 0 aliphatic heterocycles. The van der Waals surface area contributed by atoms with Crippen LogP contribution < -0.4 is 5.32 Å². The molecule has 0 aromatic rings. The normalized spacial score (nSPS) is 17.3. The SMILES string of the molecule is CC(C)C(=O)NCC1=CCC#CC(=NS)C1=N. The van der Waals surface area contributed by atoms with Crippen LogP contribution in [0.4, 0.5) is 0 Å². The number of carbonyl (C=O) groups is 1. The molecular weight excluding hydrogens is 234 g/mol. The molecule has 0 saturated carbocycles. The zero-order chi connectivity index (χ0) is 12.8. The maximum Gasteiger partial charge on any atom is 0.222 e. The van der Waals surface area contributed by atoms with Gasteiger partial charge < -0.3 is 5.32 Å². The van der Waals surface area contributed by atoms with Crippen molar-refractivity contribution < 1.29 is 4.79 Å². The highest BCUT2D eigenvalue weighted by Crippen LogP contribution is 2.05. The molecule has 0 atom stereocenters. The summed E-state index contributed by atoms with van der Waals surface area (Å²) in [5.74, 6) is 5.52. The van der Waals surface area contributed by atoms with Gasteiger partial charge in [0.2, 0.25) is 5.91 Å². The lowest BCUT2D eigenvalue weighted by atomic mass is 10.1. The highest BCUT2D eigenvalue weighted by Gasteiger charge is 2.14. The van der Waals surface area contributed by atoms with Gasteiger partial charge in [0, 0.05) is 18.9 Å². The van der Waals surface area contributed by atoms with E-state index in [9.17, 15) is 4.79 Å². The van der Waals surface area contributed by atoms with Gasteiger partial charge in [-0.25, -0.2) is 4.40 Å². The fraction of sp³-hybridized carbons (Fsp3) is 0.417. The van der Waals surface area contributed by atoms with Crippen LogP contribution in [-0.2, 0) is 4.79 Å². The molecule has 90 valence electrons. The molecule has 0 fully saturated rings. The second-order valence-corrected chi connectivity index (χ2v) is 4.13. The van der Waals surface area contributed by atoms with E-state index in [2.05, 4.69) is 34.4 Å². The molecule has 0 spiro atoms. The molecule has 5 heteroatoms. The molecule has 0 saturated heterocycles. The van der Waals surface area contributed by atoms with E-state index in [1.807, 2.05) is 19.9 Å². The van der Waals surface area contributed by atoms with Gasteiger partial charge in [0.25, 0.3) is 0 Å². The van der Waals surface area contributed by atoms with Crippen LogP contribution in [0.1, 0.15) is 20.3 Å². The lowest BCUT2D eigenvalue weighted by Gasteiger charge is -2.10. The summed E-state index contributed by atoms with van der Waals surface area (Å²) in [6, 6.07) is 0. The van der Waals surface area contributed by atoms with E-state index in [1.54, 1.807) is 0 Å². The van der Waals surface area contributed by atoms with Gasteiger partial charge in [0.1, 0.15) is 5.71 Å². The Morgan fingerprint density at radius 3 is 3.00 bits per heavy atom. The Labute approximate surface area is 107 Å². The minimum absolute atomic E-state index is 0.0340. The summed E-state index contributed by atoms with van der Waals surface area (Å²) in [6.45, 7) is 3.98. The van der Waals surface area contributed by atoms with Crippen LogP contribution in [-0.4, -0.2) is 23.9 Å². The van der Waals surface area contributed by atoms with E-state index in [4.69, 9.17) is 5.41 Å². The summed E-state index contributed by atoms with van der Waals surface area (Å²) in [4.78, 5) is 11.4. The van der Waals surface area contributed by atoms with Crippen molar-refractivity contribution in [1.82, 2.24) is 5.32 Å². The number of nitrogens with one attached hydrogen (secondary N) is 2. The fourth-order valence-corrected chi connectivity index (χ4v) is 1.40. The predicted molar refractivity (Wildman–Crippen MR) is 72.5 cm³/mol. The van der Waals surface area contributed by atoms with E-state index < -0.39 is 0 Å². The maximum absolute atomic E-state index is 11.4. The summed E-state index contributed by atoms with van der Waals surface area (Å²) in [7, 11) is 0. The third-order valence-corrected chi connectivity index (χ3v) is 2.49. The first kappa shape index (κ1) is 13.5. The van der Waals surface area contributed by atoms with Crippen molar-refractivity contribution in [3.05, 3.63) is 11.6 Å². The molecule has 1 amide bonds. The quantitative estimate of drug-likeness (QED) is 0.513. The summed E-state index contributed by atoms with van der Waals surface area (Å²) in [6.07, 6.45) is 2.39. The Morgan fingerprint density at radius 1 is 1.71 bits per heavy atom. The molecule has 0 unspecified atom stereocenters. The molecule has 1 aliphatic carbocycles. The zero-order valence-electron chi connectivity index (χ0n) is 9.87. The van der Waals surface area contributed by atoms with Crippen LogP contribution in [0.3, 0.4) is 0 Å². The first-order valence-corrected chi connectivity index (χ1v) is 5.73. The van der Waals surface area contributed by atoms with Crippen LogP contribution in [0.25, 0.3) is 0 Å². The van der Waals surface area contributed by atoms with Crippen molar-refractivity contribution in [2.45, 2.75) is 20.3 Å². The van der Waals surface area contributed by atoms with Gasteiger partial charge in [-0.3, -0.25) is 10.2 Å². The Morgan fingerprint density at radius 2 is 2.41 bits per heavy atom. The average Bonchev–Trinajstić information content (AvgIpc) is 2.48. The van der Waals surface area contributed by atoms with Crippen molar-refractivity contribution in [1.29, 1.82) is 5.41 Å². The highest BCUT2D eigenvalue weighted by molar-refractivity contribution is 7.79. The minimum atomic E-state index is -0.0650. The zero-order valence-corrected chi connectivity index (χ0v) is 10.8. The largest absolute Gasteiger partial charge is 0.352 e. The van der Waals surface area contributed by atoms with E-state index in [0.29, 0.717) is 24.3 Å². The van der Waals surface area contributed by atoms with Crippen LogP contribution in [0.2, 0.25) is 0 Å². The van der Waals surface area contributed by atoms with E-state index >= 15 is 0 Å². The van der Waals surface area contributed by atoms with Gasteiger partial charge in [-0.05, 0) is 24.3 Å². The standard InChI is InChI=1S/C12H15N3OS/c1-8(2)12(16)14-7-9-5-3-4-6-10(15-17)11(9)13/h5,8,13,17H,3,7H2,1-2H3,(H,14,16).